The highest BCUT2D eigenvalue weighted by molar-refractivity contribution is 6.01. The van der Waals surface area contributed by atoms with Crippen LogP contribution < -0.4 is 10.1 Å². The molecule has 0 spiro atoms. The summed E-state index contributed by atoms with van der Waals surface area (Å²) in [4.78, 5) is 13.3. The zero-order valence-electron chi connectivity index (χ0n) is 16.0. The highest BCUT2D eigenvalue weighted by atomic mass is 19.4. The van der Waals surface area contributed by atoms with Gasteiger partial charge in [0.05, 0.1) is 11.3 Å². The second-order valence-electron chi connectivity index (χ2n) is 6.94. The lowest BCUT2D eigenvalue weighted by Crippen LogP contribution is -2.35. The van der Waals surface area contributed by atoms with E-state index >= 15 is 0 Å². The zero-order chi connectivity index (χ0) is 20.9. The molecule has 0 amide bonds. The molecule has 5 rings (SSSR count). The molecule has 2 N–H and O–H groups in total. The van der Waals surface area contributed by atoms with E-state index in [2.05, 4.69) is 5.10 Å². The first-order valence-corrected chi connectivity index (χ1v) is 9.25. The van der Waals surface area contributed by atoms with E-state index in [-0.39, 0.29) is 11.0 Å². The van der Waals surface area contributed by atoms with Crippen molar-refractivity contribution in [3.8, 4) is 11.4 Å². The Balaban J connectivity index is 0.00000231. The fraction of sp³-hybridized carbons (Fsp3) is 0.0435. The van der Waals surface area contributed by atoms with E-state index in [0.29, 0.717) is 16.7 Å². The molecule has 0 unspecified atom stereocenters. The van der Waals surface area contributed by atoms with Crippen molar-refractivity contribution in [3.63, 3.8) is 0 Å². The lowest BCUT2D eigenvalue weighted by atomic mass is 10.1. The summed E-state index contributed by atoms with van der Waals surface area (Å²) >= 11 is 0. The third-order valence-electron chi connectivity index (χ3n) is 5.09. The first kappa shape index (κ1) is 20.4. The molecular weight excluding hydrogens is 407 g/mol. The van der Waals surface area contributed by atoms with E-state index in [0.717, 1.165) is 28.6 Å². The van der Waals surface area contributed by atoms with Crippen molar-refractivity contribution in [1.29, 1.82) is 0 Å². The Labute approximate surface area is 173 Å². The molecular formula is C23H16F3N3O2. The minimum absolute atomic E-state index is 0. The molecule has 0 aliphatic heterocycles. The Morgan fingerprint density at radius 1 is 0.839 bits per heavy atom. The second-order valence-corrected chi connectivity index (χ2v) is 6.94. The third-order valence-corrected chi connectivity index (χ3v) is 5.09. The summed E-state index contributed by atoms with van der Waals surface area (Å²) in [5, 5.41) is 4.87. The van der Waals surface area contributed by atoms with Crippen LogP contribution >= 0.6 is 0 Å². The van der Waals surface area contributed by atoms with Crippen LogP contribution in [0.15, 0.2) is 89.9 Å². The van der Waals surface area contributed by atoms with E-state index < -0.39 is 11.7 Å². The van der Waals surface area contributed by atoms with Crippen molar-refractivity contribution >= 4 is 21.8 Å². The SMILES string of the molecule is O=c1c2c([nH]n1-c1ccc(C(F)(F)F)cc1)c1ccccc1c[n+]2-c1ccccc1.[OH-]. The smallest absolute Gasteiger partial charge is 0.416 e. The van der Waals surface area contributed by atoms with Gasteiger partial charge in [-0.1, -0.05) is 36.4 Å². The highest BCUT2D eigenvalue weighted by Crippen LogP contribution is 2.29. The zero-order valence-corrected chi connectivity index (χ0v) is 16.0. The Bertz CT molecular complexity index is 1440. The quantitative estimate of drug-likeness (QED) is 0.422. The number of aromatic nitrogens is 3. The van der Waals surface area contributed by atoms with Gasteiger partial charge in [-0.05, 0) is 30.3 Å². The first-order chi connectivity index (χ1) is 14.4. The van der Waals surface area contributed by atoms with Crippen LogP contribution in [0.2, 0.25) is 0 Å². The number of fused-ring (bicyclic) bond motifs is 3. The maximum Gasteiger partial charge on any atom is 0.416 e. The average molecular weight is 423 g/mol. The molecule has 5 aromatic rings. The number of pyridine rings is 1. The van der Waals surface area contributed by atoms with Gasteiger partial charge >= 0.3 is 17.3 Å². The molecule has 0 atom stereocenters. The number of hydrogen-bond acceptors (Lipinski definition) is 2. The van der Waals surface area contributed by atoms with E-state index in [1.165, 1.54) is 16.8 Å². The van der Waals surface area contributed by atoms with Gasteiger partial charge in [-0.3, -0.25) is 9.89 Å². The Hall–Kier alpha value is -3.91. The summed E-state index contributed by atoms with van der Waals surface area (Å²) in [6, 6.07) is 21.6. The first-order valence-electron chi connectivity index (χ1n) is 9.25. The minimum Gasteiger partial charge on any atom is -0.870 e. The molecule has 0 saturated carbocycles. The molecule has 0 fully saturated rings. The van der Waals surface area contributed by atoms with Crippen molar-refractivity contribution < 1.29 is 23.2 Å². The Morgan fingerprint density at radius 3 is 2.16 bits per heavy atom. The number of alkyl halides is 3. The van der Waals surface area contributed by atoms with Gasteiger partial charge in [0.15, 0.2) is 6.20 Å². The third kappa shape index (κ3) is 3.36. The van der Waals surface area contributed by atoms with Crippen LogP contribution in [-0.4, -0.2) is 15.3 Å². The number of halogens is 3. The molecule has 5 nitrogen and oxygen atoms in total. The van der Waals surface area contributed by atoms with E-state index in [1.54, 1.807) is 4.57 Å². The van der Waals surface area contributed by atoms with Crippen LogP contribution in [0.4, 0.5) is 13.2 Å². The fourth-order valence-electron chi connectivity index (χ4n) is 3.65. The summed E-state index contributed by atoms with van der Waals surface area (Å²) in [6.45, 7) is 0. The number of hydrogen-bond donors (Lipinski definition) is 1. The van der Waals surface area contributed by atoms with Crippen LogP contribution in [-0.2, 0) is 6.18 Å². The molecule has 3 aromatic carbocycles. The van der Waals surface area contributed by atoms with Crippen molar-refractivity contribution in [3.05, 3.63) is 101 Å². The summed E-state index contributed by atoms with van der Waals surface area (Å²) in [5.74, 6) is 0. The number of rotatable bonds is 2. The van der Waals surface area contributed by atoms with Crippen LogP contribution in [0.1, 0.15) is 5.56 Å². The summed E-state index contributed by atoms with van der Waals surface area (Å²) < 4.78 is 41.8. The van der Waals surface area contributed by atoms with Crippen LogP contribution in [0.25, 0.3) is 33.2 Å². The van der Waals surface area contributed by atoms with Crippen LogP contribution in [0.3, 0.4) is 0 Å². The maximum atomic E-state index is 13.3. The molecule has 156 valence electrons. The molecule has 0 saturated heterocycles. The topological polar surface area (TPSA) is 71.7 Å². The number of H-pyrrole nitrogens is 1. The molecule has 31 heavy (non-hydrogen) atoms. The molecule has 8 heteroatoms. The summed E-state index contributed by atoms with van der Waals surface area (Å²) in [7, 11) is 0. The van der Waals surface area contributed by atoms with E-state index in [9.17, 15) is 18.0 Å². The van der Waals surface area contributed by atoms with Gasteiger partial charge in [-0.15, -0.1) is 0 Å². The lowest BCUT2D eigenvalue weighted by molar-refractivity contribution is -0.566. The Kier molecular flexibility index (Phi) is 4.87. The van der Waals surface area contributed by atoms with E-state index in [4.69, 9.17) is 0 Å². The number of benzene rings is 3. The van der Waals surface area contributed by atoms with Gasteiger partial charge in [-0.25, -0.2) is 4.68 Å². The van der Waals surface area contributed by atoms with Gasteiger partial charge in [0, 0.05) is 22.9 Å². The molecule has 0 bridgehead atoms. The van der Waals surface area contributed by atoms with Crippen molar-refractivity contribution in [2.24, 2.45) is 0 Å². The van der Waals surface area contributed by atoms with Gasteiger partial charge in [-0.2, -0.15) is 17.7 Å². The molecule has 2 heterocycles. The van der Waals surface area contributed by atoms with Crippen molar-refractivity contribution in [2.45, 2.75) is 6.18 Å². The monoisotopic (exact) mass is 423 g/mol. The van der Waals surface area contributed by atoms with Crippen LogP contribution in [0.5, 0.6) is 0 Å². The molecule has 0 radical (unpaired) electrons. The van der Waals surface area contributed by atoms with Crippen molar-refractivity contribution in [2.75, 3.05) is 0 Å². The van der Waals surface area contributed by atoms with Gasteiger partial charge < -0.3 is 5.48 Å². The number of nitrogens with one attached hydrogen (secondary N) is 1. The van der Waals surface area contributed by atoms with E-state index in [1.807, 2.05) is 60.8 Å². The second kappa shape index (κ2) is 7.41. The summed E-state index contributed by atoms with van der Waals surface area (Å²) in [5.41, 5.74) is 1.05. The van der Waals surface area contributed by atoms with Crippen molar-refractivity contribution in [1.82, 2.24) is 9.78 Å². The lowest BCUT2D eigenvalue weighted by Gasteiger charge is -2.07. The van der Waals surface area contributed by atoms with Gasteiger partial charge in [0.2, 0.25) is 5.69 Å². The largest absolute Gasteiger partial charge is 0.870 e. The van der Waals surface area contributed by atoms with Gasteiger partial charge in [0.25, 0.3) is 0 Å². The number of aromatic amines is 1. The minimum atomic E-state index is -4.43. The standard InChI is InChI=1S/C23H14F3N3O.H2O/c24-23(25,26)16-10-12-18(13-11-16)29-22(30)21-20(27-29)19-9-5-4-6-15(19)14-28(21)17-7-2-1-3-8-17;/h1-14H;1H2. The average Bonchev–Trinajstić information content (AvgIpc) is 3.11. The molecule has 2 aromatic heterocycles. The summed E-state index contributed by atoms with van der Waals surface area (Å²) in [6.07, 6.45) is -2.55. The Morgan fingerprint density at radius 2 is 1.48 bits per heavy atom. The molecule has 0 aliphatic rings. The van der Waals surface area contributed by atoms with Crippen LogP contribution in [0, 0.1) is 0 Å². The normalized spacial score (nSPS) is 11.6. The molecule has 0 aliphatic carbocycles. The predicted molar refractivity (Wildman–Crippen MR) is 110 cm³/mol. The predicted octanol–water partition coefficient (Wildman–Crippen LogP) is 4.59. The highest BCUT2D eigenvalue weighted by Gasteiger charge is 2.30. The number of nitrogens with zero attached hydrogens (tertiary/aromatic N) is 2. The fourth-order valence-corrected chi connectivity index (χ4v) is 3.65. The number of para-hydroxylation sites is 1. The maximum absolute atomic E-state index is 13.3. The van der Waals surface area contributed by atoms with Gasteiger partial charge in [0.1, 0.15) is 5.52 Å².